The molecule has 1 aliphatic heterocycles. The summed E-state index contributed by atoms with van der Waals surface area (Å²) < 4.78 is 0. The topological polar surface area (TPSA) is 28.2 Å². The zero-order valence-electron chi connectivity index (χ0n) is 13.4. The second kappa shape index (κ2) is 7.26. The van der Waals surface area contributed by atoms with Gasteiger partial charge < -0.3 is 10.2 Å². The molecular weight excluding hydrogens is 258 g/mol. The molecule has 116 valence electrons. The first-order valence-corrected chi connectivity index (χ1v) is 8.77. The highest BCUT2D eigenvalue weighted by Crippen LogP contribution is 2.37. The van der Waals surface area contributed by atoms with Crippen LogP contribution in [-0.4, -0.2) is 24.6 Å². The van der Waals surface area contributed by atoms with E-state index in [2.05, 4.69) is 34.3 Å². The molecule has 3 rings (SSSR count). The van der Waals surface area contributed by atoms with Gasteiger partial charge in [0, 0.05) is 25.8 Å². The van der Waals surface area contributed by atoms with E-state index in [1.807, 2.05) is 6.20 Å². The average Bonchev–Trinajstić information content (AvgIpc) is 2.55. The van der Waals surface area contributed by atoms with Crippen LogP contribution in [-0.2, 0) is 6.54 Å². The standard InChI is InChI=1S/C18H29N3/c1-2-9-19-13-15-7-10-20-18(12-15)21-11-8-16-5-3-4-6-17(16)14-21/h7,10,12,16-17,19H,2-6,8-9,11,13-14H2,1H3. The monoisotopic (exact) mass is 287 g/mol. The zero-order valence-corrected chi connectivity index (χ0v) is 13.4. The van der Waals surface area contributed by atoms with Crippen molar-refractivity contribution in [2.45, 2.75) is 52.0 Å². The molecule has 2 aliphatic rings. The van der Waals surface area contributed by atoms with E-state index >= 15 is 0 Å². The van der Waals surface area contributed by atoms with Gasteiger partial charge in [0.2, 0.25) is 0 Å². The van der Waals surface area contributed by atoms with Crippen molar-refractivity contribution in [3.05, 3.63) is 23.9 Å². The number of piperidine rings is 1. The molecule has 2 heterocycles. The van der Waals surface area contributed by atoms with Gasteiger partial charge in [-0.2, -0.15) is 0 Å². The molecule has 1 aliphatic carbocycles. The lowest BCUT2D eigenvalue weighted by atomic mass is 9.75. The molecule has 21 heavy (non-hydrogen) atoms. The smallest absolute Gasteiger partial charge is 0.128 e. The third-order valence-electron chi connectivity index (χ3n) is 5.18. The van der Waals surface area contributed by atoms with Crippen LogP contribution < -0.4 is 10.2 Å². The van der Waals surface area contributed by atoms with Crippen molar-refractivity contribution in [2.75, 3.05) is 24.5 Å². The van der Waals surface area contributed by atoms with Gasteiger partial charge in [0.05, 0.1) is 0 Å². The zero-order chi connectivity index (χ0) is 14.5. The maximum atomic E-state index is 4.63. The van der Waals surface area contributed by atoms with Crippen molar-refractivity contribution in [2.24, 2.45) is 11.8 Å². The summed E-state index contributed by atoms with van der Waals surface area (Å²) in [6, 6.07) is 4.42. The van der Waals surface area contributed by atoms with E-state index in [-0.39, 0.29) is 0 Å². The quantitative estimate of drug-likeness (QED) is 0.839. The van der Waals surface area contributed by atoms with Crippen LogP contribution in [0.15, 0.2) is 18.3 Å². The first-order valence-electron chi connectivity index (χ1n) is 8.77. The van der Waals surface area contributed by atoms with Crippen molar-refractivity contribution in [1.82, 2.24) is 10.3 Å². The molecule has 0 spiro atoms. The first-order chi connectivity index (χ1) is 10.4. The van der Waals surface area contributed by atoms with Crippen LogP contribution in [0.4, 0.5) is 5.82 Å². The molecule has 1 saturated heterocycles. The van der Waals surface area contributed by atoms with E-state index in [0.29, 0.717) is 0 Å². The van der Waals surface area contributed by atoms with Crippen LogP contribution in [0.5, 0.6) is 0 Å². The van der Waals surface area contributed by atoms with Crippen molar-refractivity contribution >= 4 is 5.82 Å². The minimum Gasteiger partial charge on any atom is -0.356 e. The first kappa shape index (κ1) is 14.8. The predicted octanol–water partition coefficient (Wildman–Crippen LogP) is 3.60. The largest absolute Gasteiger partial charge is 0.356 e. The Morgan fingerprint density at radius 1 is 1.24 bits per heavy atom. The van der Waals surface area contributed by atoms with E-state index < -0.39 is 0 Å². The fourth-order valence-corrected chi connectivity index (χ4v) is 3.96. The number of nitrogens with zero attached hydrogens (tertiary/aromatic N) is 2. The van der Waals surface area contributed by atoms with Crippen molar-refractivity contribution in [1.29, 1.82) is 0 Å². The van der Waals surface area contributed by atoms with Crippen molar-refractivity contribution < 1.29 is 0 Å². The highest BCUT2D eigenvalue weighted by atomic mass is 15.2. The Bertz CT molecular complexity index is 446. The number of nitrogens with one attached hydrogen (secondary N) is 1. The summed E-state index contributed by atoms with van der Waals surface area (Å²) in [7, 11) is 0. The summed E-state index contributed by atoms with van der Waals surface area (Å²) in [4.78, 5) is 7.15. The fraction of sp³-hybridized carbons (Fsp3) is 0.722. The molecule has 0 radical (unpaired) electrons. The molecule has 2 atom stereocenters. The van der Waals surface area contributed by atoms with E-state index in [1.54, 1.807) is 0 Å². The SMILES string of the molecule is CCCNCc1ccnc(N2CCC3CCCCC3C2)c1. The summed E-state index contributed by atoms with van der Waals surface area (Å²) in [5.41, 5.74) is 1.36. The molecule has 2 fully saturated rings. The van der Waals surface area contributed by atoms with Crippen LogP contribution >= 0.6 is 0 Å². The summed E-state index contributed by atoms with van der Waals surface area (Å²) in [5, 5.41) is 3.48. The second-order valence-corrected chi connectivity index (χ2v) is 6.74. The van der Waals surface area contributed by atoms with Gasteiger partial charge in [-0.05, 0) is 55.3 Å². The van der Waals surface area contributed by atoms with E-state index in [9.17, 15) is 0 Å². The number of rotatable bonds is 5. The summed E-state index contributed by atoms with van der Waals surface area (Å²) in [6.07, 6.45) is 10.3. The molecule has 3 heteroatoms. The van der Waals surface area contributed by atoms with Crippen LogP contribution in [0.25, 0.3) is 0 Å². The van der Waals surface area contributed by atoms with Gasteiger partial charge in [0.25, 0.3) is 0 Å². The van der Waals surface area contributed by atoms with Gasteiger partial charge in [-0.15, -0.1) is 0 Å². The molecular formula is C18H29N3. The summed E-state index contributed by atoms with van der Waals surface area (Å²) >= 11 is 0. The Hall–Kier alpha value is -1.09. The average molecular weight is 287 g/mol. The fourth-order valence-electron chi connectivity index (χ4n) is 3.96. The van der Waals surface area contributed by atoms with E-state index in [0.717, 1.165) is 24.9 Å². The third kappa shape index (κ3) is 3.76. The maximum absolute atomic E-state index is 4.63. The number of aromatic nitrogens is 1. The molecule has 1 aromatic rings. The molecule has 0 bridgehead atoms. The van der Waals surface area contributed by atoms with Crippen LogP contribution in [0, 0.1) is 11.8 Å². The Morgan fingerprint density at radius 2 is 2.10 bits per heavy atom. The minimum atomic E-state index is 0.913. The number of hydrogen-bond acceptors (Lipinski definition) is 3. The highest BCUT2D eigenvalue weighted by Gasteiger charge is 2.31. The maximum Gasteiger partial charge on any atom is 0.128 e. The van der Waals surface area contributed by atoms with Gasteiger partial charge in [-0.1, -0.05) is 26.2 Å². The van der Waals surface area contributed by atoms with Gasteiger partial charge in [-0.25, -0.2) is 4.98 Å². The van der Waals surface area contributed by atoms with Gasteiger partial charge >= 0.3 is 0 Å². The minimum absolute atomic E-state index is 0.913. The molecule has 3 nitrogen and oxygen atoms in total. The molecule has 2 unspecified atom stereocenters. The van der Waals surface area contributed by atoms with Gasteiger partial charge in [0.15, 0.2) is 0 Å². The third-order valence-corrected chi connectivity index (χ3v) is 5.18. The normalized spacial score (nSPS) is 25.7. The molecule has 0 amide bonds. The lowest BCUT2D eigenvalue weighted by Crippen LogP contribution is -2.42. The lowest BCUT2D eigenvalue weighted by molar-refractivity contribution is 0.202. The van der Waals surface area contributed by atoms with Crippen LogP contribution in [0.2, 0.25) is 0 Å². The Morgan fingerprint density at radius 3 is 2.95 bits per heavy atom. The number of fused-ring (bicyclic) bond motifs is 1. The van der Waals surface area contributed by atoms with Crippen LogP contribution in [0.3, 0.4) is 0 Å². The number of anilines is 1. The van der Waals surface area contributed by atoms with E-state index in [1.165, 1.54) is 63.0 Å². The van der Waals surface area contributed by atoms with Crippen LogP contribution in [0.1, 0.15) is 51.0 Å². The Labute approximate surface area is 129 Å². The Balaban J connectivity index is 1.62. The Kier molecular flexibility index (Phi) is 5.13. The van der Waals surface area contributed by atoms with Crippen molar-refractivity contribution in [3.63, 3.8) is 0 Å². The van der Waals surface area contributed by atoms with Gasteiger partial charge in [-0.3, -0.25) is 0 Å². The number of hydrogen-bond donors (Lipinski definition) is 1. The molecule has 1 saturated carbocycles. The van der Waals surface area contributed by atoms with Crippen molar-refractivity contribution in [3.8, 4) is 0 Å². The lowest BCUT2D eigenvalue weighted by Gasteiger charge is -2.41. The van der Waals surface area contributed by atoms with E-state index in [4.69, 9.17) is 0 Å². The predicted molar refractivity (Wildman–Crippen MR) is 88.5 cm³/mol. The van der Waals surface area contributed by atoms with Gasteiger partial charge in [0.1, 0.15) is 5.82 Å². The summed E-state index contributed by atoms with van der Waals surface area (Å²) in [5.74, 6) is 3.09. The molecule has 1 N–H and O–H groups in total. The molecule has 0 aromatic carbocycles. The summed E-state index contributed by atoms with van der Waals surface area (Å²) in [6.45, 7) is 6.68. The highest BCUT2D eigenvalue weighted by molar-refractivity contribution is 5.41. The second-order valence-electron chi connectivity index (χ2n) is 6.74. The number of pyridine rings is 1. The molecule has 1 aromatic heterocycles.